The fraction of sp³-hybridized carbons (Fsp3) is 0.300. The SMILES string of the molecule is COc1ccc(N2CCN(Cn3nc(-c4ccc(F)cc4)oc3=S)CC2)cc1. The summed E-state index contributed by atoms with van der Waals surface area (Å²) < 4.78 is 25.6. The van der Waals surface area contributed by atoms with Crippen molar-refractivity contribution in [3.63, 3.8) is 0 Å². The molecule has 2 aromatic carbocycles. The van der Waals surface area contributed by atoms with Crippen molar-refractivity contribution in [2.45, 2.75) is 6.67 Å². The van der Waals surface area contributed by atoms with E-state index in [0.29, 0.717) is 23.0 Å². The molecule has 8 heteroatoms. The second kappa shape index (κ2) is 8.12. The zero-order valence-corrected chi connectivity index (χ0v) is 16.4. The molecule has 0 aliphatic carbocycles. The average molecular weight is 400 g/mol. The van der Waals surface area contributed by atoms with E-state index in [2.05, 4.69) is 27.0 Å². The van der Waals surface area contributed by atoms with Crippen LogP contribution in [-0.2, 0) is 6.67 Å². The van der Waals surface area contributed by atoms with Gasteiger partial charge in [-0.05, 0) is 60.7 Å². The van der Waals surface area contributed by atoms with Crippen molar-refractivity contribution < 1.29 is 13.5 Å². The molecule has 146 valence electrons. The maximum absolute atomic E-state index is 13.1. The highest BCUT2D eigenvalue weighted by molar-refractivity contribution is 7.71. The third kappa shape index (κ3) is 4.07. The van der Waals surface area contributed by atoms with Crippen LogP contribution in [0.15, 0.2) is 52.9 Å². The fourth-order valence-corrected chi connectivity index (χ4v) is 3.41. The van der Waals surface area contributed by atoms with Crippen LogP contribution >= 0.6 is 12.2 Å². The second-order valence-corrected chi connectivity index (χ2v) is 6.97. The molecule has 1 aliphatic heterocycles. The number of benzene rings is 2. The van der Waals surface area contributed by atoms with E-state index in [0.717, 1.165) is 31.9 Å². The van der Waals surface area contributed by atoms with Crippen LogP contribution in [-0.4, -0.2) is 48.0 Å². The first kappa shape index (κ1) is 18.6. The Morgan fingerprint density at radius 1 is 1.04 bits per heavy atom. The van der Waals surface area contributed by atoms with Gasteiger partial charge >= 0.3 is 0 Å². The third-order valence-corrected chi connectivity index (χ3v) is 5.14. The molecule has 0 saturated carbocycles. The zero-order chi connectivity index (χ0) is 19.5. The monoisotopic (exact) mass is 400 g/mol. The van der Waals surface area contributed by atoms with Crippen LogP contribution in [0.25, 0.3) is 11.5 Å². The molecule has 4 rings (SSSR count). The molecule has 0 N–H and O–H groups in total. The van der Waals surface area contributed by atoms with Crippen molar-refractivity contribution in [1.29, 1.82) is 0 Å². The summed E-state index contributed by atoms with van der Waals surface area (Å²) in [7, 11) is 1.67. The Morgan fingerprint density at radius 2 is 1.71 bits per heavy atom. The van der Waals surface area contributed by atoms with Crippen LogP contribution in [0.2, 0.25) is 0 Å². The lowest BCUT2D eigenvalue weighted by atomic mass is 10.2. The van der Waals surface area contributed by atoms with E-state index in [4.69, 9.17) is 21.4 Å². The Hall–Kier alpha value is -2.71. The van der Waals surface area contributed by atoms with Crippen molar-refractivity contribution in [2.75, 3.05) is 38.2 Å². The summed E-state index contributed by atoms with van der Waals surface area (Å²) in [6, 6.07) is 14.1. The molecule has 0 atom stereocenters. The lowest BCUT2D eigenvalue weighted by molar-refractivity contribution is 0.192. The predicted molar refractivity (Wildman–Crippen MR) is 108 cm³/mol. The zero-order valence-electron chi connectivity index (χ0n) is 15.5. The summed E-state index contributed by atoms with van der Waals surface area (Å²) in [5, 5.41) is 4.45. The number of hydrogen-bond donors (Lipinski definition) is 0. The van der Waals surface area contributed by atoms with E-state index in [-0.39, 0.29) is 5.82 Å². The molecule has 2 heterocycles. The predicted octanol–water partition coefficient (Wildman–Crippen LogP) is 3.80. The van der Waals surface area contributed by atoms with Gasteiger partial charge in [-0.2, -0.15) is 0 Å². The first-order chi connectivity index (χ1) is 13.6. The lowest BCUT2D eigenvalue weighted by Gasteiger charge is -2.35. The largest absolute Gasteiger partial charge is 0.497 e. The molecule has 1 fully saturated rings. The van der Waals surface area contributed by atoms with Gasteiger partial charge in [0.1, 0.15) is 11.6 Å². The molecule has 6 nitrogen and oxygen atoms in total. The minimum atomic E-state index is -0.295. The summed E-state index contributed by atoms with van der Waals surface area (Å²) >= 11 is 5.30. The Bertz CT molecular complexity index is 977. The van der Waals surface area contributed by atoms with Crippen molar-refractivity contribution in [3.05, 3.63) is 59.2 Å². The lowest BCUT2D eigenvalue weighted by Crippen LogP contribution is -2.46. The maximum atomic E-state index is 13.1. The van der Waals surface area contributed by atoms with Gasteiger partial charge in [0.05, 0.1) is 13.8 Å². The molecule has 0 unspecified atom stereocenters. The van der Waals surface area contributed by atoms with Crippen LogP contribution < -0.4 is 9.64 Å². The molecular formula is C20H21FN4O2S. The summed E-state index contributed by atoms with van der Waals surface area (Å²) in [5.41, 5.74) is 1.90. The van der Waals surface area contributed by atoms with Gasteiger partial charge in [-0.1, -0.05) is 0 Å². The number of rotatable bonds is 5. The number of anilines is 1. The van der Waals surface area contributed by atoms with Gasteiger partial charge in [0.25, 0.3) is 4.84 Å². The first-order valence-electron chi connectivity index (χ1n) is 9.07. The highest BCUT2D eigenvalue weighted by atomic mass is 32.1. The molecule has 1 saturated heterocycles. The number of halogens is 1. The van der Waals surface area contributed by atoms with E-state index in [9.17, 15) is 4.39 Å². The van der Waals surface area contributed by atoms with Gasteiger partial charge < -0.3 is 14.1 Å². The molecule has 3 aromatic rings. The van der Waals surface area contributed by atoms with Gasteiger partial charge in [0, 0.05) is 37.4 Å². The molecular weight excluding hydrogens is 379 g/mol. The second-order valence-electron chi connectivity index (χ2n) is 6.62. The van der Waals surface area contributed by atoms with Crippen molar-refractivity contribution in [3.8, 4) is 17.2 Å². The molecule has 0 radical (unpaired) electrons. The van der Waals surface area contributed by atoms with E-state index >= 15 is 0 Å². The number of aromatic nitrogens is 2. The van der Waals surface area contributed by atoms with Gasteiger partial charge in [0.15, 0.2) is 0 Å². The standard InChI is InChI=1S/C20H21FN4O2S/c1-26-18-8-6-17(7-9-18)24-12-10-23(11-13-24)14-25-20(28)27-19(22-25)15-2-4-16(21)5-3-15/h2-9H,10-14H2,1H3. The Morgan fingerprint density at radius 3 is 2.36 bits per heavy atom. The molecule has 28 heavy (non-hydrogen) atoms. The topological polar surface area (TPSA) is 46.7 Å². The number of hydrogen-bond acceptors (Lipinski definition) is 6. The molecule has 0 spiro atoms. The number of methoxy groups -OCH3 is 1. The van der Waals surface area contributed by atoms with Crippen LogP contribution in [0.5, 0.6) is 5.75 Å². The van der Waals surface area contributed by atoms with Crippen molar-refractivity contribution in [1.82, 2.24) is 14.7 Å². The van der Waals surface area contributed by atoms with Crippen LogP contribution in [0.1, 0.15) is 0 Å². The van der Waals surface area contributed by atoms with Gasteiger partial charge in [-0.25, -0.2) is 9.07 Å². The van der Waals surface area contributed by atoms with E-state index in [1.165, 1.54) is 17.8 Å². The summed E-state index contributed by atoms with van der Waals surface area (Å²) in [5.74, 6) is 0.970. The average Bonchev–Trinajstić information content (AvgIpc) is 3.09. The normalized spacial score (nSPS) is 15.0. The maximum Gasteiger partial charge on any atom is 0.288 e. The first-order valence-corrected chi connectivity index (χ1v) is 9.48. The van der Waals surface area contributed by atoms with Crippen molar-refractivity contribution >= 4 is 17.9 Å². The summed E-state index contributed by atoms with van der Waals surface area (Å²) in [6.45, 7) is 4.20. The van der Waals surface area contributed by atoms with Crippen molar-refractivity contribution in [2.24, 2.45) is 0 Å². The van der Waals surface area contributed by atoms with Crippen LogP contribution in [0.4, 0.5) is 10.1 Å². The fourth-order valence-electron chi connectivity index (χ4n) is 3.23. The number of ether oxygens (including phenoxy) is 1. The quantitative estimate of drug-likeness (QED) is 0.607. The Kier molecular flexibility index (Phi) is 5.40. The van der Waals surface area contributed by atoms with Crippen LogP contribution in [0, 0.1) is 10.7 Å². The number of piperazine rings is 1. The van der Waals surface area contributed by atoms with Crippen LogP contribution in [0.3, 0.4) is 0 Å². The summed E-state index contributed by atoms with van der Waals surface area (Å²) in [4.78, 5) is 4.95. The van der Waals surface area contributed by atoms with Gasteiger partial charge in [-0.3, -0.25) is 4.90 Å². The minimum absolute atomic E-state index is 0.295. The van der Waals surface area contributed by atoms with E-state index < -0.39 is 0 Å². The highest BCUT2D eigenvalue weighted by Crippen LogP contribution is 2.21. The Labute approximate surface area is 167 Å². The highest BCUT2D eigenvalue weighted by Gasteiger charge is 2.19. The molecule has 0 amide bonds. The number of nitrogens with zero attached hydrogens (tertiary/aromatic N) is 4. The molecule has 1 aliphatic rings. The van der Waals surface area contributed by atoms with Gasteiger partial charge in [0.2, 0.25) is 5.89 Å². The Balaban J connectivity index is 1.38. The van der Waals surface area contributed by atoms with Gasteiger partial charge in [-0.15, -0.1) is 5.10 Å². The van der Waals surface area contributed by atoms with E-state index in [1.54, 1.807) is 23.9 Å². The summed E-state index contributed by atoms with van der Waals surface area (Å²) in [6.07, 6.45) is 0. The smallest absolute Gasteiger partial charge is 0.288 e. The third-order valence-electron chi connectivity index (χ3n) is 4.84. The van der Waals surface area contributed by atoms with E-state index in [1.807, 2.05) is 12.1 Å². The molecule has 0 bridgehead atoms. The molecule has 1 aromatic heterocycles. The minimum Gasteiger partial charge on any atom is -0.497 e.